The molecule has 1 aliphatic heterocycles. The van der Waals surface area contributed by atoms with Crippen LogP contribution >= 0.6 is 0 Å². The van der Waals surface area contributed by atoms with Gasteiger partial charge in [-0.25, -0.2) is 18.4 Å². The van der Waals surface area contributed by atoms with E-state index < -0.39 is 16.1 Å². The lowest BCUT2D eigenvalue weighted by Crippen LogP contribution is -2.31. The Balaban J connectivity index is 1.87. The SMILES string of the molecule is C[C@@H]1CN(C(=O)OCc2ccccc2)C[C@H]1CS(N)(=O)=O. The van der Waals surface area contributed by atoms with Crippen LogP contribution in [0.4, 0.5) is 4.79 Å². The zero-order valence-corrected chi connectivity index (χ0v) is 12.8. The molecule has 1 aromatic carbocycles. The molecule has 1 aromatic rings. The highest BCUT2D eigenvalue weighted by atomic mass is 32.2. The van der Waals surface area contributed by atoms with Crippen molar-refractivity contribution in [1.29, 1.82) is 0 Å². The molecule has 0 unspecified atom stereocenters. The molecule has 1 saturated heterocycles. The Kier molecular flexibility index (Phi) is 4.84. The molecule has 0 aliphatic carbocycles. The summed E-state index contributed by atoms with van der Waals surface area (Å²) in [6, 6.07) is 9.41. The monoisotopic (exact) mass is 312 g/mol. The zero-order valence-electron chi connectivity index (χ0n) is 11.9. The third kappa shape index (κ3) is 4.71. The van der Waals surface area contributed by atoms with Gasteiger partial charge in [0.15, 0.2) is 0 Å². The van der Waals surface area contributed by atoms with E-state index in [0.717, 1.165) is 5.56 Å². The first-order chi connectivity index (χ1) is 9.85. The van der Waals surface area contributed by atoms with Crippen LogP contribution in [0.3, 0.4) is 0 Å². The average Bonchev–Trinajstić information content (AvgIpc) is 2.77. The van der Waals surface area contributed by atoms with Gasteiger partial charge in [-0.1, -0.05) is 37.3 Å². The third-order valence-electron chi connectivity index (χ3n) is 3.68. The number of rotatable bonds is 4. The van der Waals surface area contributed by atoms with Gasteiger partial charge in [0.05, 0.1) is 5.75 Å². The number of nitrogens with zero attached hydrogens (tertiary/aromatic N) is 1. The van der Waals surface area contributed by atoms with Gasteiger partial charge in [-0.3, -0.25) is 0 Å². The average molecular weight is 312 g/mol. The maximum atomic E-state index is 12.0. The van der Waals surface area contributed by atoms with Crippen LogP contribution in [0.1, 0.15) is 12.5 Å². The maximum Gasteiger partial charge on any atom is 0.410 e. The van der Waals surface area contributed by atoms with Gasteiger partial charge in [0.1, 0.15) is 6.61 Å². The van der Waals surface area contributed by atoms with Crippen LogP contribution in [0.25, 0.3) is 0 Å². The summed E-state index contributed by atoms with van der Waals surface area (Å²) in [5, 5.41) is 5.07. The molecule has 0 saturated carbocycles. The molecule has 1 fully saturated rings. The second kappa shape index (κ2) is 6.44. The summed E-state index contributed by atoms with van der Waals surface area (Å²) in [7, 11) is -3.52. The van der Waals surface area contributed by atoms with Crippen molar-refractivity contribution < 1.29 is 17.9 Å². The number of benzene rings is 1. The molecule has 2 atom stereocenters. The quantitative estimate of drug-likeness (QED) is 0.904. The number of likely N-dealkylation sites (tertiary alicyclic amines) is 1. The van der Waals surface area contributed by atoms with Crippen molar-refractivity contribution >= 4 is 16.1 Å². The first-order valence-electron chi connectivity index (χ1n) is 6.81. The first-order valence-corrected chi connectivity index (χ1v) is 8.53. The molecular weight excluding hydrogens is 292 g/mol. The molecule has 1 amide bonds. The summed E-state index contributed by atoms with van der Waals surface area (Å²) in [5.41, 5.74) is 0.916. The fourth-order valence-electron chi connectivity index (χ4n) is 2.51. The van der Waals surface area contributed by atoms with E-state index in [0.29, 0.717) is 13.1 Å². The van der Waals surface area contributed by atoms with Crippen molar-refractivity contribution in [3.8, 4) is 0 Å². The van der Waals surface area contributed by atoms with E-state index in [4.69, 9.17) is 9.88 Å². The molecule has 1 aliphatic rings. The Bertz CT molecular complexity index is 588. The summed E-state index contributed by atoms with van der Waals surface area (Å²) in [4.78, 5) is 13.5. The minimum atomic E-state index is -3.52. The van der Waals surface area contributed by atoms with Gasteiger partial charge in [-0.15, -0.1) is 0 Å². The highest BCUT2D eigenvalue weighted by molar-refractivity contribution is 7.89. The predicted octanol–water partition coefficient (Wildman–Crippen LogP) is 1.18. The van der Waals surface area contributed by atoms with Gasteiger partial charge >= 0.3 is 6.09 Å². The van der Waals surface area contributed by atoms with Crippen LogP contribution in [0.15, 0.2) is 30.3 Å². The molecule has 0 aromatic heterocycles. The van der Waals surface area contributed by atoms with Gasteiger partial charge in [0.2, 0.25) is 10.0 Å². The number of carbonyl (C=O) groups excluding carboxylic acids is 1. The van der Waals surface area contributed by atoms with Crippen molar-refractivity contribution in [2.24, 2.45) is 17.0 Å². The Morgan fingerprint density at radius 2 is 2.00 bits per heavy atom. The summed E-state index contributed by atoms with van der Waals surface area (Å²) in [6.45, 7) is 2.99. The summed E-state index contributed by atoms with van der Waals surface area (Å²) < 4.78 is 27.6. The van der Waals surface area contributed by atoms with Crippen LogP contribution in [-0.4, -0.2) is 38.3 Å². The van der Waals surface area contributed by atoms with Crippen molar-refractivity contribution in [2.45, 2.75) is 13.5 Å². The fourth-order valence-corrected chi connectivity index (χ4v) is 3.54. The van der Waals surface area contributed by atoms with Gasteiger partial charge in [-0.05, 0) is 17.4 Å². The van der Waals surface area contributed by atoms with E-state index in [1.807, 2.05) is 37.3 Å². The zero-order chi connectivity index (χ0) is 15.5. The summed E-state index contributed by atoms with van der Waals surface area (Å²) in [5.74, 6) is -0.145. The number of ether oxygens (including phenoxy) is 1. The lowest BCUT2D eigenvalue weighted by atomic mass is 10.0. The fraction of sp³-hybridized carbons (Fsp3) is 0.500. The van der Waals surface area contributed by atoms with Crippen LogP contribution in [-0.2, 0) is 21.4 Å². The molecule has 0 radical (unpaired) electrons. The molecule has 116 valence electrons. The molecule has 21 heavy (non-hydrogen) atoms. The van der Waals surface area contributed by atoms with Crippen LogP contribution in [0.2, 0.25) is 0 Å². The molecule has 0 bridgehead atoms. The van der Waals surface area contributed by atoms with Crippen molar-refractivity contribution in [2.75, 3.05) is 18.8 Å². The smallest absolute Gasteiger partial charge is 0.410 e. The van der Waals surface area contributed by atoms with E-state index in [1.165, 1.54) is 0 Å². The summed E-state index contributed by atoms with van der Waals surface area (Å²) in [6.07, 6.45) is -0.414. The number of sulfonamides is 1. The Hall–Kier alpha value is -1.60. The van der Waals surface area contributed by atoms with Crippen molar-refractivity contribution in [3.05, 3.63) is 35.9 Å². The van der Waals surface area contributed by atoms with Crippen LogP contribution < -0.4 is 5.14 Å². The van der Waals surface area contributed by atoms with Gasteiger partial charge < -0.3 is 9.64 Å². The van der Waals surface area contributed by atoms with Crippen LogP contribution in [0, 0.1) is 11.8 Å². The predicted molar refractivity (Wildman–Crippen MR) is 78.8 cm³/mol. The topological polar surface area (TPSA) is 89.7 Å². The number of nitrogens with two attached hydrogens (primary N) is 1. The normalized spacial score (nSPS) is 22.3. The minimum absolute atomic E-state index is 0.0904. The number of hydrogen-bond donors (Lipinski definition) is 1. The second-order valence-electron chi connectivity index (χ2n) is 5.51. The van der Waals surface area contributed by atoms with E-state index in [2.05, 4.69) is 0 Å². The largest absolute Gasteiger partial charge is 0.445 e. The van der Waals surface area contributed by atoms with Gasteiger partial charge in [-0.2, -0.15) is 0 Å². The highest BCUT2D eigenvalue weighted by Gasteiger charge is 2.35. The van der Waals surface area contributed by atoms with Gasteiger partial charge in [0, 0.05) is 13.1 Å². The number of carbonyl (C=O) groups is 1. The van der Waals surface area contributed by atoms with Crippen molar-refractivity contribution in [3.63, 3.8) is 0 Å². The highest BCUT2D eigenvalue weighted by Crippen LogP contribution is 2.24. The number of hydrogen-bond acceptors (Lipinski definition) is 4. The third-order valence-corrected chi connectivity index (χ3v) is 4.57. The summed E-state index contributed by atoms with van der Waals surface area (Å²) >= 11 is 0. The molecule has 2 N–H and O–H groups in total. The van der Waals surface area contributed by atoms with Gasteiger partial charge in [0.25, 0.3) is 0 Å². The Morgan fingerprint density at radius 1 is 1.33 bits per heavy atom. The lowest BCUT2D eigenvalue weighted by Gasteiger charge is -2.16. The van der Waals surface area contributed by atoms with E-state index in [1.54, 1.807) is 4.90 Å². The maximum absolute atomic E-state index is 12.0. The Labute approximate surface area is 124 Å². The van der Waals surface area contributed by atoms with Crippen LogP contribution in [0.5, 0.6) is 0 Å². The van der Waals surface area contributed by atoms with Crippen molar-refractivity contribution in [1.82, 2.24) is 4.90 Å². The first kappa shape index (κ1) is 15.8. The molecule has 6 nitrogen and oxygen atoms in total. The molecule has 1 heterocycles. The van der Waals surface area contributed by atoms with E-state index in [-0.39, 0.29) is 24.2 Å². The molecule has 7 heteroatoms. The molecule has 2 rings (SSSR count). The molecule has 0 spiro atoms. The second-order valence-corrected chi connectivity index (χ2v) is 7.17. The standard InChI is InChI=1S/C14H20N2O4S/c1-11-7-16(8-13(11)10-21(15,18)19)14(17)20-9-12-5-3-2-4-6-12/h2-6,11,13H,7-10H2,1H3,(H2,15,18,19)/t11-,13+/m1/s1. The number of primary sulfonamides is 1. The number of amides is 1. The Morgan fingerprint density at radius 3 is 2.62 bits per heavy atom. The molecular formula is C14H20N2O4S. The van der Waals surface area contributed by atoms with E-state index >= 15 is 0 Å². The lowest BCUT2D eigenvalue weighted by molar-refractivity contribution is 0.103. The van der Waals surface area contributed by atoms with E-state index in [9.17, 15) is 13.2 Å². The minimum Gasteiger partial charge on any atom is -0.445 e.